The van der Waals surface area contributed by atoms with Crippen molar-refractivity contribution in [2.45, 2.75) is 63.1 Å². The van der Waals surface area contributed by atoms with Crippen LogP contribution >= 0.6 is 0 Å². The minimum Gasteiger partial charge on any atom is -0.313 e. The number of hydrogen-bond acceptors (Lipinski definition) is 4. The fourth-order valence-electron chi connectivity index (χ4n) is 2.69. The van der Waals surface area contributed by atoms with Crippen LogP contribution in [0.2, 0.25) is 0 Å². The van der Waals surface area contributed by atoms with E-state index in [1.165, 1.54) is 0 Å². The van der Waals surface area contributed by atoms with Crippen LogP contribution in [0.3, 0.4) is 0 Å². The summed E-state index contributed by atoms with van der Waals surface area (Å²) in [6.07, 6.45) is 6.53. The third-order valence-corrected chi connectivity index (χ3v) is 5.43. The van der Waals surface area contributed by atoms with E-state index in [4.69, 9.17) is 0 Å². The quantitative estimate of drug-likeness (QED) is 0.666. The lowest BCUT2D eigenvalue weighted by Crippen LogP contribution is -2.43. The molecule has 6 nitrogen and oxygen atoms in total. The molecule has 114 valence electrons. The Morgan fingerprint density at radius 2 is 2.10 bits per heavy atom. The predicted octanol–water partition coefficient (Wildman–Crippen LogP) is 1.52. The van der Waals surface area contributed by atoms with Crippen LogP contribution in [-0.4, -0.2) is 30.7 Å². The Morgan fingerprint density at radius 3 is 2.75 bits per heavy atom. The first-order valence-electron chi connectivity index (χ1n) is 7.24. The maximum atomic E-state index is 12.5. The molecule has 0 bridgehead atoms. The van der Waals surface area contributed by atoms with Gasteiger partial charge in [0, 0.05) is 17.6 Å². The van der Waals surface area contributed by atoms with Crippen molar-refractivity contribution in [1.29, 1.82) is 0 Å². The van der Waals surface area contributed by atoms with Gasteiger partial charge >= 0.3 is 0 Å². The van der Waals surface area contributed by atoms with Crippen LogP contribution in [0, 0.1) is 0 Å². The maximum Gasteiger partial charge on any atom is 0.258 e. The largest absolute Gasteiger partial charge is 0.313 e. The van der Waals surface area contributed by atoms with Crippen molar-refractivity contribution < 1.29 is 8.42 Å². The molecule has 1 aliphatic rings. The van der Waals surface area contributed by atoms with Gasteiger partial charge in [-0.15, -0.1) is 0 Å². The molecule has 3 N–H and O–H groups in total. The number of rotatable bonds is 7. The molecule has 20 heavy (non-hydrogen) atoms. The van der Waals surface area contributed by atoms with Crippen LogP contribution in [0.15, 0.2) is 11.2 Å². The van der Waals surface area contributed by atoms with E-state index in [2.05, 4.69) is 27.2 Å². The molecule has 7 heteroatoms. The van der Waals surface area contributed by atoms with E-state index in [9.17, 15) is 8.42 Å². The van der Waals surface area contributed by atoms with Gasteiger partial charge in [-0.1, -0.05) is 19.8 Å². The molecule has 1 aromatic heterocycles. The van der Waals surface area contributed by atoms with Gasteiger partial charge in [0.05, 0.1) is 6.20 Å². The lowest BCUT2D eigenvalue weighted by molar-refractivity contribution is 0.426. The standard InChI is InChI=1S/C13H24N4O2S/c1-3-8-14-9-11-10-15-16-12(11)20(18,19)17-13(2)6-4-5-7-13/h10,14,17H,3-9H2,1-2H3,(H,15,16). The van der Waals surface area contributed by atoms with E-state index >= 15 is 0 Å². The van der Waals surface area contributed by atoms with E-state index in [1.807, 2.05) is 6.92 Å². The zero-order chi connectivity index (χ0) is 14.6. The summed E-state index contributed by atoms with van der Waals surface area (Å²) in [6.45, 7) is 5.42. The summed E-state index contributed by atoms with van der Waals surface area (Å²) in [5.74, 6) is 0. The van der Waals surface area contributed by atoms with Gasteiger partial charge in [0.25, 0.3) is 10.0 Å². The van der Waals surface area contributed by atoms with E-state index in [-0.39, 0.29) is 10.6 Å². The normalized spacial score (nSPS) is 18.5. The molecule has 0 saturated heterocycles. The summed E-state index contributed by atoms with van der Waals surface area (Å²) in [7, 11) is -3.53. The number of nitrogens with one attached hydrogen (secondary N) is 3. The summed E-state index contributed by atoms with van der Waals surface area (Å²) >= 11 is 0. The number of aromatic amines is 1. The van der Waals surface area contributed by atoms with Crippen LogP contribution in [0.4, 0.5) is 0 Å². The highest BCUT2D eigenvalue weighted by Gasteiger charge is 2.34. The highest BCUT2D eigenvalue weighted by atomic mass is 32.2. The smallest absolute Gasteiger partial charge is 0.258 e. The van der Waals surface area contributed by atoms with Crippen LogP contribution in [0.1, 0.15) is 51.5 Å². The van der Waals surface area contributed by atoms with Crippen molar-refractivity contribution in [2.75, 3.05) is 6.54 Å². The van der Waals surface area contributed by atoms with Crippen molar-refractivity contribution >= 4 is 10.0 Å². The summed E-state index contributed by atoms with van der Waals surface area (Å²) < 4.78 is 27.8. The van der Waals surface area contributed by atoms with Crippen LogP contribution in [-0.2, 0) is 16.6 Å². The molecule has 1 saturated carbocycles. The lowest BCUT2D eigenvalue weighted by atomic mass is 10.0. The Labute approximate surface area is 120 Å². The number of sulfonamides is 1. The van der Waals surface area contributed by atoms with Gasteiger partial charge in [0.15, 0.2) is 5.03 Å². The Morgan fingerprint density at radius 1 is 1.40 bits per heavy atom. The van der Waals surface area contributed by atoms with Gasteiger partial charge in [0.1, 0.15) is 0 Å². The molecule has 1 aliphatic carbocycles. The third-order valence-electron chi connectivity index (χ3n) is 3.78. The second kappa shape index (κ2) is 6.24. The molecule has 1 fully saturated rings. The number of nitrogens with zero attached hydrogens (tertiary/aromatic N) is 1. The fourth-order valence-corrected chi connectivity index (χ4v) is 4.29. The molecule has 0 aliphatic heterocycles. The first-order valence-corrected chi connectivity index (χ1v) is 8.72. The fraction of sp³-hybridized carbons (Fsp3) is 0.769. The Balaban J connectivity index is 2.11. The van der Waals surface area contributed by atoms with Crippen LogP contribution in [0.5, 0.6) is 0 Å². The zero-order valence-corrected chi connectivity index (χ0v) is 13.0. The first kappa shape index (κ1) is 15.5. The molecule has 2 rings (SSSR count). The number of aromatic nitrogens is 2. The minimum absolute atomic E-state index is 0.189. The summed E-state index contributed by atoms with van der Waals surface area (Å²) in [5, 5.41) is 9.89. The predicted molar refractivity (Wildman–Crippen MR) is 77.8 cm³/mol. The first-order chi connectivity index (χ1) is 9.47. The average molecular weight is 300 g/mol. The summed E-state index contributed by atoms with van der Waals surface area (Å²) in [5.41, 5.74) is 0.366. The Hall–Kier alpha value is -0.920. The molecule has 0 atom stereocenters. The zero-order valence-electron chi connectivity index (χ0n) is 12.2. The SMILES string of the molecule is CCCNCc1cn[nH]c1S(=O)(=O)NC1(C)CCCC1. The lowest BCUT2D eigenvalue weighted by Gasteiger charge is -2.24. The highest BCUT2D eigenvalue weighted by Crippen LogP contribution is 2.30. The van der Waals surface area contributed by atoms with E-state index in [0.29, 0.717) is 12.1 Å². The molecule has 0 unspecified atom stereocenters. The van der Waals surface area contributed by atoms with Gasteiger partial charge in [-0.25, -0.2) is 13.1 Å². The average Bonchev–Trinajstić information content (AvgIpc) is 2.98. The van der Waals surface area contributed by atoms with Crippen molar-refractivity contribution in [3.8, 4) is 0 Å². The van der Waals surface area contributed by atoms with Crippen molar-refractivity contribution in [2.24, 2.45) is 0 Å². The van der Waals surface area contributed by atoms with Gasteiger partial charge in [-0.3, -0.25) is 5.10 Å². The van der Waals surface area contributed by atoms with Crippen molar-refractivity contribution in [3.05, 3.63) is 11.8 Å². The second-order valence-electron chi connectivity index (χ2n) is 5.77. The van der Waals surface area contributed by atoms with Crippen LogP contribution < -0.4 is 10.0 Å². The summed E-state index contributed by atoms with van der Waals surface area (Å²) in [6, 6.07) is 0. The van der Waals surface area contributed by atoms with E-state index in [0.717, 1.165) is 38.6 Å². The molecule has 0 radical (unpaired) electrons. The van der Waals surface area contributed by atoms with E-state index in [1.54, 1.807) is 6.20 Å². The number of hydrogen-bond donors (Lipinski definition) is 3. The minimum atomic E-state index is -3.53. The van der Waals surface area contributed by atoms with Gasteiger partial charge < -0.3 is 5.32 Å². The Kier molecular flexibility index (Phi) is 4.82. The van der Waals surface area contributed by atoms with Crippen molar-refractivity contribution in [3.63, 3.8) is 0 Å². The monoisotopic (exact) mass is 300 g/mol. The summed E-state index contributed by atoms with van der Waals surface area (Å²) in [4.78, 5) is 0. The highest BCUT2D eigenvalue weighted by molar-refractivity contribution is 7.89. The molecule has 0 aromatic carbocycles. The van der Waals surface area contributed by atoms with Crippen molar-refractivity contribution in [1.82, 2.24) is 20.2 Å². The van der Waals surface area contributed by atoms with Crippen LogP contribution in [0.25, 0.3) is 0 Å². The van der Waals surface area contributed by atoms with E-state index < -0.39 is 10.0 Å². The van der Waals surface area contributed by atoms with Gasteiger partial charge in [-0.05, 0) is 32.7 Å². The molecular weight excluding hydrogens is 276 g/mol. The van der Waals surface area contributed by atoms with Gasteiger partial charge in [0.2, 0.25) is 0 Å². The number of H-pyrrole nitrogens is 1. The molecule has 0 spiro atoms. The molecule has 0 amide bonds. The Bertz CT molecular complexity index is 532. The molecule has 1 heterocycles. The maximum absolute atomic E-state index is 12.5. The third kappa shape index (κ3) is 3.59. The van der Waals surface area contributed by atoms with Gasteiger partial charge in [-0.2, -0.15) is 5.10 Å². The molecular formula is C13H24N4O2S. The second-order valence-corrected chi connectivity index (χ2v) is 7.39. The topological polar surface area (TPSA) is 86.9 Å². The molecule has 1 aromatic rings.